The van der Waals surface area contributed by atoms with Crippen LogP contribution in [0.1, 0.15) is 58.2 Å². The summed E-state index contributed by atoms with van der Waals surface area (Å²) in [5.74, 6) is -2.13. The van der Waals surface area contributed by atoms with Crippen LogP contribution in [-0.4, -0.2) is 72.7 Å². The summed E-state index contributed by atoms with van der Waals surface area (Å²) in [6, 6.07) is 8.52. The molecule has 46 heavy (non-hydrogen) atoms. The number of aryl methyl sites for hydroxylation is 1. The smallest absolute Gasteiger partial charge is 0.408 e. The summed E-state index contributed by atoms with van der Waals surface area (Å²) in [5.41, 5.74) is 2.94. The number of aromatic amines is 2. The van der Waals surface area contributed by atoms with Gasteiger partial charge in [-0.25, -0.2) is 19.2 Å². The standard InChI is InChI=1S/C17H22N2O4.C16H20N2O5/c1-10-5-6-12-11(9-18-13(12)7-10)8-14(15(20)21)19-16(22)23-17(2,3)4;1-16(2,3)23-15(22)18-13(14(20)21)6-9-8-17-12-7-10(19)4-5-11(9)12/h5-7,9,14,18H,8H2,1-4H3,(H,19,22)(H,20,21);4-5,7-8,13,17,19H,6H2,1-3H3,(H,18,22)(H,20,21)/t14-;13-/m00/s1. The molecule has 0 aliphatic heterocycles. The molecule has 2 atom stereocenters. The van der Waals surface area contributed by atoms with Gasteiger partial charge in [-0.3, -0.25) is 0 Å². The highest BCUT2D eigenvalue weighted by Crippen LogP contribution is 2.24. The van der Waals surface area contributed by atoms with Crippen molar-refractivity contribution in [3.8, 4) is 5.75 Å². The summed E-state index contributed by atoms with van der Waals surface area (Å²) < 4.78 is 10.2. The Balaban J connectivity index is 0.000000250. The molecule has 13 heteroatoms. The SMILES string of the molecule is CC(C)(C)OC(=O)N[C@@H](Cc1c[nH]c2cc(O)ccc12)C(=O)O.Cc1ccc2c(C[C@H](NC(=O)OC(C)(C)C)C(=O)O)c[nH]c2c1. The summed E-state index contributed by atoms with van der Waals surface area (Å²) in [5, 5.41) is 34.6. The van der Waals surface area contributed by atoms with Gasteiger partial charge in [-0.2, -0.15) is 0 Å². The number of aromatic nitrogens is 2. The van der Waals surface area contributed by atoms with Crippen LogP contribution in [0, 0.1) is 6.92 Å². The molecule has 0 unspecified atom stereocenters. The van der Waals surface area contributed by atoms with E-state index in [4.69, 9.17) is 9.47 Å². The Kier molecular flexibility index (Phi) is 10.9. The third kappa shape index (κ3) is 10.5. The number of carbonyl (C=O) groups excluding carboxylic acids is 2. The van der Waals surface area contributed by atoms with Crippen molar-refractivity contribution in [2.24, 2.45) is 0 Å². The number of hydrogen-bond acceptors (Lipinski definition) is 7. The minimum Gasteiger partial charge on any atom is -0.508 e. The molecule has 4 rings (SSSR count). The summed E-state index contributed by atoms with van der Waals surface area (Å²) in [4.78, 5) is 52.5. The number of phenols is 1. The first-order chi connectivity index (χ1) is 21.3. The number of aliphatic carboxylic acids is 2. The minimum absolute atomic E-state index is 0.0966. The van der Waals surface area contributed by atoms with Crippen molar-refractivity contribution in [3.63, 3.8) is 0 Å². The fraction of sp³-hybridized carbons (Fsp3) is 0.394. The molecule has 7 N–H and O–H groups in total. The Hall–Kier alpha value is -5.20. The molecule has 0 spiro atoms. The van der Waals surface area contributed by atoms with E-state index in [1.165, 1.54) is 6.07 Å². The number of carboxylic acid groups (broad SMARTS) is 2. The molecule has 13 nitrogen and oxygen atoms in total. The zero-order chi connectivity index (χ0) is 34.4. The van der Waals surface area contributed by atoms with E-state index in [1.54, 1.807) is 66.1 Å². The lowest BCUT2D eigenvalue weighted by Gasteiger charge is -2.22. The number of rotatable bonds is 8. The maximum Gasteiger partial charge on any atom is 0.408 e. The molecule has 0 bridgehead atoms. The second-order valence-corrected chi connectivity index (χ2v) is 12.9. The molecule has 0 saturated carbocycles. The second kappa shape index (κ2) is 14.3. The van der Waals surface area contributed by atoms with Gasteiger partial charge in [-0.15, -0.1) is 0 Å². The largest absolute Gasteiger partial charge is 0.508 e. The number of nitrogens with one attached hydrogen (secondary N) is 4. The lowest BCUT2D eigenvalue weighted by atomic mass is 10.0. The molecule has 4 aromatic rings. The molecular weight excluding hydrogens is 596 g/mol. The lowest BCUT2D eigenvalue weighted by Crippen LogP contribution is -2.44. The van der Waals surface area contributed by atoms with Crippen molar-refractivity contribution < 1.29 is 44.0 Å². The number of fused-ring (bicyclic) bond motifs is 2. The van der Waals surface area contributed by atoms with Gasteiger partial charge in [0.2, 0.25) is 0 Å². The molecule has 2 aromatic heterocycles. The first-order valence-electron chi connectivity index (χ1n) is 14.6. The summed E-state index contributed by atoms with van der Waals surface area (Å²) in [7, 11) is 0. The van der Waals surface area contributed by atoms with Crippen LogP contribution >= 0.6 is 0 Å². The Morgan fingerprint density at radius 3 is 1.54 bits per heavy atom. The Morgan fingerprint density at radius 1 is 0.717 bits per heavy atom. The third-order valence-corrected chi connectivity index (χ3v) is 6.50. The van der Waals surface area contributed by atoms with Crippen molar-refractivity contribution in [1.82, 2.24) is 20.6 Å². The number of carbonyl (C=O) groups is 4. The van der Waals surface area contributed by atoms with Crippen LogP contribution in [0.4, 0.5) is 9.59 Å². The van der Waals surface area contributed by atoms with E-state index in [-0.39, 0.29) is 18.6 Å². The molecule has 248 valence electrons. The van der Waals surface area contributed by atoms with Gasteiger partial charge in [0.1, 0.15) is 29.0 Å². The minimum atomic E-state index is -1.15. The number of amides is 2. The first-order valence-corrected chi connectivity index (χ1v) is 14.6. The average molecular weight is 639 g/mol. The van der Waals surface area contributed by atoms with Gasteiger partial charge in [0, 0.05) is 53.1 Å². The van der Waals surface area contributed by atoms with Gasteiger partial charge in [0.15, 0.2) is 0 Å². The quantitative estimate of drug-likeness (QED) is 0.132. The predicted octanol–water partition coefficient (Wildman–Crippen LogP) is 5.39. The van der Waals surface area contributed by atoms with Crippen LogP contribution in [0.2, 0.25) is 0 Å². The van der Waals surface area contributed by atoms with Crippen LogP contribution in [0.25, 0.3) is 21.8 Å². The molecule has 0 saturated heterocycles. The molecular formula is C33H42N4O9. The van der Waals surface area contributed by atoms with Crippen LogP contribution < -0.4 is 10.6 Å². The van der Waals surface area contributed by atoms with Crippen molar-refractivity contribution in [2.45, 2.75) is 84.6 Å². The first kappa shape index (κ1) is 35.3. The van der Waals surface area contributed by atoms with Gasteiger partial charge < -0.3 is 45.4 Å². The number of aromatic hydroxyl groups is 1. The second-order valence-electron chi connectivity index (χ2n) is 12.9. The molecule has 0 radical (unpaired) electrons. The van der Waals surface area contributed by atoms with Gasteiger partial charge in [0.25, 0.3) is 0 Å². The molecule has 2 aromatic carbocycles. The number of benzene rings is 2. The van der Waals surface area contributed by atoms with Gasteiger partial charge in [-0.1, -0.05) is 12.1 Å². The van der Waals surface area contributed by atoms with Gasteiger partial charge in [0.05, 0.1) is 0 Å². The van der Waals surface area contributed by atoms with E-state index in [2.05, 4.69) is 20.6 Å². The van der Waals surface area contributed by atoms with E-state index in [9.17, 15) is 34.5 Å². The lowest BCUT2D eigenvalue weighted by molar-refractivity contribution is -0.140. The van der Waals surface area contributed by atoms with Gasteiger partial charge in [-0.05, 0) is 83.4 Å². The molecule has 2 heterocycles. The molecule has 0 aliphatic carbocycles. The highest BCUT2D eigenvalue weighted by Gasteiger charge is 2.26. The molecule has 0 aliphatic rings. The van der Waals surface area contributed by atoms with Crippen LogP contribution in [0.5, 0.6) is 5.75 Å². The van der Waals surface area contributed by atoms with Crippen molar-refractivity contribution in [2.75, 3.05) is 0 Å². The normalized spacial score (nSPS) is 12.8. The maximum atomic E-state index is 11.8. The third-order valence-electron chi connectivity index (χ3n) is 6.50. The van der Waals surface area contributed by atoms with E-state index < -0.39 is 47.4 Å². The summed E-state index contributed by atoms with van der Waals surface area (Å²) in [6.07, 6.45) is 2.20. The fourth-order valence-corrected chi connectivity index (χ4v) is 4.55. The number of hydrogen-bond donors (Lipinski definition) is 7. The average Bonchev–Trinajstić information content (AvgIpc) is 3.48. The van der Waals surface area contributed by atoms with E-state index in [0.29, 0.717) is 5.52 Å². The molecule has 2 amide bonds. The number of H-pyrrole nitrogens is 2. The Morgan fingerprint density at radius 2 is 1.13 bits per heavy atom. The Labute approximate surface area is 266 Å². The number of carboxylic acids is 2. The number of alkyl carbamates (subject to hydrolysis) is 2. The van der Waals surface area contributed by atoms with Gasteiger partial charge >= 0.3 is 24.1 Å². The predicted molar refractivity (Wildman–Crippen MR) is 172 cm³/mol. The maximum absolute atomic E-state index is 11.8. The Bertz CT molecular complexity index is 1580. The zero-order valence-electron chi connectivity index (χ0n) is 27.0. The highest BCUT2D eigenvalue weighted by atomic mass is 16.6. The van der Waals surface area contributed by atoms with Crippen molar-refractivity contribution in [3.05, 3.63) is 65.5 Å². The summed E-state index contributed by atoms with van der Waals surface area (Å²) >= 11 is 0. The van der Waals surface area contributed by atoms with E-state index in [1.807, 2.05) is 25.1 Å². The molecule has 0 fully saturated rings. The van der Waals surface area contributed by atoms with E-state index >= 15 is 0 Å². The van der Waals surface area contributed by atoms with E-state index in [0.717, 1.165) is 33.0 Å². The highest BCUT2D eigenvalue weighted by molar-refractivity contribution is 5.87. The number of ether oxygens (including phenoxy) is 2. The van der Waals surface area contributed by atoms with Crippen molar-refractivity contribution in [1.29, 1.82) is 0 Å². The summed E-state index contributed by atoms with van der Waals surface area (Å²) in [6.45, 7) is 12.3. The van der Waals surface area contributed by atoms with Crippen LogP contribution in [0.15, 0.2) is 48.8 Å². The number of phenolic OH excluding ortho intramolecular Hbond substituents is 1. The topological polar surface area (TPSA) is 203 Å². The zero-order valence-corrected chi connectivity index (χ0v) is 27.0. The van der Waals surface area contributed by atoms with Crippen molar-refractivity contribution >= 4 is 45.9 Å². The monoisotopic (exact) mass is 638 g/mol. The van der Waals surface area contributed by atoms with Crippen LogP contribution in [0.3, 0.4) is 0 Å². The van der Waals surface area contributed by atoms with Crippen LogP contribution in [-0.2, 0) is 31.9 Å². The fourth-order valence-electron chi connectivity index (χ4n) is 4.55.